The number of carbonyl (C=O) groups is 1. The Kier molecular flexibility index (Phi) is 5.17. The van der Waals surface area contributed by atoms with Crippen molar-refractivity contribution in [3.05, 3.63) is 57.5 Å². The van der Waals surface area contributed by atoms with Crippen molar-refractivity contribution in [2.75, 3.05) is 0 Å². The van der Waals surface area contributed by atoms with Crippen molar-refractivity contribution in [1.29, 1.82) is 5.26 Å². The molecule has 3 nitrogen and oxygen atoms in total. The van der Waals surface area contributed by atoms with Crippen LogP contribution in [0.3, 0.4) is 0 Å². The third kappa shape index (κ3) is 3.65. The van der Waals surface area contributed by atoms with Crippen LogP contribution in [0.1, 0.15) is 34.1 Å². The lowest BCUT2D eigenvalue weighted by Crippen LogP contribution is -2.02. The van der Waals surface area contributed by atoms with Gasteiger partial charge >= 0.3 is 0 Å². The first-order valence-electron chi connectivity index (χ1n) is 6.41. The van der Waals surface area contributed by atoms with E-state index >= 15 is 0 Å². The van der Waals surface area contributed by atoms with Crippen LogP contribution >= 0.6 is 23.4 Å². The van der Waals surface area contributed by atoms with Gasteiger partial charge in [0, 0.05) is 22.0 Å². The van der Waals surface area contributed by atoms with E-state index in [9.17, 15) is 14.4 Å². The van der Waals surface area contributed by atoms with E-state index in [1.807, 2.05) is 6.07 Å². The number of nitrogens with zero attached hydrogens (tertiary/aromatic N) is 2. The van der Waals surface area contributed by atoms with Crippen LogP contribution in [-0.2, 0) is 5.75 Å². The van der Waals surface area contributed by atoms with Gasteiger partial charge in [0.1, 0.15) is 16.9 Å². The monoisotopic (exact) mass is 334 g/mol. The van der Waals surface area contributed by atoms with E-state index in [1.54, 1.807) is 19.1 Å². The number of pyridine rings is 1. The van der Waals surface area contributed by atoms with Gasteiger partial charge in [-0.2, -0.15) is 5.26 Å². The molecule has 0 bridgehead atoms. The van der Waals surface area contributed by atoms with E-state index in [4.69, 9.17) is 11.6 Å². The first-order chi connectivity index (χ1) is 10.4. The number of nitriles is 1. The van der Waals surface area contributed by atoms with Gasteiger partial charge in [-0.05, 0) is 37.6 Å². The Bertz CT molecular complexity index is 786. The number of aromatic nitrogens is 1. The standard InChI is InChI=1S/C16H12ClFN2OS/c1-9-14(10(2)21)5-12(7-19)16(20-9)22-8-11-3-4-13(18)6-15(11)17/h3-6H,8H2,1-2H3. The van der Waals surface area contributed by atoms with Gasteiger partial charge in [-0.1, -0.05) is 17.7 Å². The number of aryl methyl sites for hydroxylation is 1. The number of hydrogen-bond acceptors (Lipinski definition) is 4. The molecule has 0 N–H and O–H groups in total. The van der Waals surface area contributed by atoms with Crippen molar-refractivity contribution in [3.8, 4) is 6.07 Å². The number of hydrogen-bond donors (Lipinski definition) is 0. The lowest BCUT2D eigenvalue weighted by atomic mass is 10.1. The van der Waals surface area contributed by atoms with Gasteiger partial charge in [0.05, 0.1) is 5.56 Å². The highest BCUT2D eigenvalue weighted by atomic mass is 35.5. The summed E-state index contributed by atoms with van der Waals surface area (Å²) in [7, 11) is 0. The maximum atomic E-state index is 13.0. The number of ketones is 1. The van der Waals surface area contributed by atoms with Crippen LogP contribution in [0.2, 0.25) is 5.02 Å². The molecule has 0 saturated carbocycles. The molecule has 0 saturated heterocycles. The molecule has 2 aromatic rings. The van der Waals surface area contributed by atoms with Crippen molar-refractivity contribution in [3.63, 3.8) is 0 Å². The summed E-state index contributed by atoms with van der Waals surface area (Å²) in [6.45, 7) is 3.17. The second kappa shape index (κ2) is 6.91. The van der Waals surface area contributed by atoms with Crippen LogP contribution in [0.25, 0.3) is 0 Å². The molecule has 2 rings (SSSR count). The van der Waals surface area contributed by atoms with E-state index in [1.165, 1.54) is 30.8 Å². The van der Waals surface area contributed by atoms with Crippen molar-refractivity contribution in [2.45, 2.75) is 24.6 Å². The molecule has 1 aromatic heterocycles. The summed E-state index contributed by atoms with van der Waals surface area (Å²) in [5, 5.41) is 10.1. The molecule has 0 spiro atoms. The second-order valence-corrected chi connectivity index (χ2v) is 6.04. The van der Waals surface area contributed by atoms with Crippen LogP contribution < -0.4 is 0 Å². The Labute approximate surface area is 137 Å². The lowest BCUT2D eigenvalue weighted by Gasteiger charge is -2.08. The molecule has 0 atom stereocenters. The first-order valence-corrected chi connectivity index (χ1v) is 7.78. The minimum atomic E-state index is -0.392. The minimum Gasteiger partial charge on any atom is -0.294 e. The van der Waals surface area contributed by atoms with Crippen LogP contribution in [-0.4, -0.2) is 10.8 Å². The predicted octanol–water partition coefficient (Wildman–Crippen LogP) is 4.55. The van der Waals surface area contributed by atoms with E-state index in [0.717, 1.165) is 5.56 Å². The summed E-state index contributed by atoms with van der Waals surface area (Å²) >= 11 is 7.31. The summed E-state index contributed by atoms with van der Waals surface area (Å²) in [5.41, 5.74) is 2.13. The van der Waals surface area contributed by atoms with Crippen molar-refractivity contribution in [2.24, 2.45) is 0 Å². The molecule has 0 fully saturated rings. The van der Waals surface area contributed by atoms with Crippen molar-refractivity contribution >= 4 is 29.1 Å². The van der Waals surface area contributed by atoms with Crippen LogP contribution in [0.5, 0.6) is 0 Å². The number of halogens is 2. The number of thioether (sulfide) groups is 1. The normalized spacial score (nSPS) is 10.3. The molecule has 1 aromatic carbocycles. The second-order valence-electron chi connectivity index (χ2n) is 4.67. The van der Waals surface area contributed by atoms with E-state index in [2.05, 4.69) is 4.98 Å². The third-order valence-electron chi connectivity index (χ3n) is 3.06. The highest BCUT2D eigenvalue weighted by molar-refractivity contribution is 7.98. The number of benzene rings is 1. The van der Waals surface area contributed by atoms with Crippen molar-refractivity contribution in [1.82, 2.24) is 4.98 Å². The molecule has 0 aliphatic rings. The minimum absolute atomic E-state index is 0.125. The molecule has 1 heterocycles. The zero-order chi connectivity index (χ0) is 16.3. The SMILES string of the molecule is CC(=O)c1cc(C#N)c(SCc2ccc(F)cc2Cl)nc1C. The number of carbonyl (C=O) groups excluding carboxylic acids is 1. The predicted molar refractivity (Wildman–Crippen MR) is 84.7 cm³/mol. The fourth-order valence-electron chi connectivity index (χ4n) is 1.91. The molecule has 6 heteroatoms. The first kappa shape index (κ1) is 16.5. The summed E-state index contributed by atoms with van der Waals surface area (Å²) in [4.78, 5) is 15.8. The topological polar surface area (TPSA) is 53.8 Å². The zero-order valence-corrected chi connectivity index (χ0v) is 13.6. The average molecular weight is 335 g/mol. The zero-order valence-electron chi connectivity index (χ0n) is 12.0. The summed E-state index contributed by atoms with van der Waals surface area (Å²) in [6, 6.07) is 7.80. The lowest BCUT2D eigenvalue weighted by molar-refractivity contribution is 0.101. The van der Waals surface area contributed by atoms with E-state index < -0.39 is 5.82 Å². The Morgan fingerprint density at radius 3 is 2.77 bits per heavy atom. The molecular formula is C16H12ClFN2OS. The summed E-state index contributed by atoms with van der Waals surface area (Å²) < 4.78 is 13.0. The highest BCUT2D eigenvalue weighted by Crippen LogP contribution is 2.29. The Morgan fingerprint density at radius 2 is 2.18 bits per heavy atom. The Balaban J connectivity index is 2.28. The molecular weight excluding hydrogens is 323 g/mol. The molecule has 0 radical (unpaired) electrons. The largest absolute Gasteiger partial charge is 0.294 e. The fourth-order valence-corrected chi connectivity index (χ4v) is 3.23. The maximum Gasteiger partial charge on any atom is 0.161 e. The maximum absolute atomic E-state index is 13.0. The molecule has 0 aliphatic heterocycles. The highest BCUT2D eigenvalue weighted by Gasteiger charge is 2.13. The van der Waals surface area contributed by atoms with Gasteiger partial charge in [-0.25, -0.2) is 9.37 Å². The Morgan fingerprint density at radius 1 is 1.45 bits per heavy atom. The van der Waals surface area contributed by atoms with E-state index in [0.29, 0.717) is 32.6 Å². The van der Waals surface area contributed by atoms with Gasteiger partial charge in [0.25, 0.3) is 0 Å². The fraction of sp³-hybridized carbons (Fsp3) is 0.188. The summed E-state index contributed by atoms with van der Waals surface area (Å²) in [6.07, 6.45) is 0. The van der Waals surface area contributed by atoms with Crippen molar-refractivity contribution < 1.29 is 9.18 Å². The quantitative estimate of drug-likeness (QED) is 0.608. The van der Waals surface area contributed by atoms with Gasteiger partial charge in [0.15, 0.2) is 5.78 Å². The molecule has 0 amide bonds. The van der Waals surface area contributed by atoms with E-state index in [-0.39, 0.29) is 5.78 Å². The van der Waals surface area contributed by atoms with Crippen LogP contribution in [0, 0.1) is 24.1 Å². The molecule has 0 unspecified atom stereocenters. The van der Waals surface area contributed by atoms with Crippen LogP contribution in [0.15, 0.2) is 29.3 Å². The molecule has 112 valence electrons. The van der Waals surface area contributed by atoms with Crippen LogP contribution in [0.4, 0.5) is 4.39 Å². The molecule has 0 aliphatic carbocycles. The van der Waals surface area contributed by atoms with Gasteiger partial charge in [0.2, 0.25) is 0 Å². The van der Waals surface area contributed by atoms with Gasteiger partial charge < -0.3 is 0 Å². The number of Topliss-reactive ketones (excluding diaryl/α,β-unsaturated/α-hetero) is 1. The average Bonchev–Trinajstić information content (AvgIpc) is 2.46. The summed E-state index contributed by atoms with van der Waals surface area (Å²) in [5.74, 6) is -0.0597. The molecule has 22 heavy (non-hydrogen) atoms. The van der Waals surface area contributed by atoms with Gasteiger partial charge in [-0.3, -0.25) is 4.79 Å². The van der Waals surface area contributed by atoms with Gasteiger partial charge in [-0.15, -0.1) is 11.8 Å². The Hall–Kier alpha value is -1.90. The number of rotatable bonds is 4. The third-order valence-corrected chi connectivity index (χ3v) is 4.45. The smallest absolute Gasteiger partial charge is 0.161 e.